The number of nitrogens with zero attached hydrogens (tertiary/aromatic N) is 1. The lowest BCUT2D eigenvalue weighted by atomic mass is 10.0. The van der Waals surface area contributed by atoms with E-state index in [1.54, 1.807) is 31.4 Å². The van der Waals surface area contributed by atoms with Crippen LogP contribution in [0.2, 0.25) is 0 Å². The molecule has 0 saturated heterocycles. The molecule has 2 amide bonds. The van der Waals surface area contributed by atoms with Crippen molar-refractivity contribution in [2.45, 2.75) is 27.7 Å². The Morgan fingerprint density at radius 2 is 1.41 bits per heavy atom. The molecule has 1 heterocycles. The SMILES string of the molecule is COc1ccc(C2=C(Nc3ccc(C)c(C)c3)C(=O)N(c3cc(C)cc(C)c3)C2=O)cc1. The molecule has 32 heavy (non-hydrogen) atoms. The molecule has 4 rings (SSSR count). The number of methoxy groups -OCH3 is 1. The van der Waals surface area contributed by atoms with Crippen LogP contribution < -0.4 is 15.0 Å². The summed E-state index contributed by atoms with van der Waals surface area (Å²) < 4.78 is 5.25. The van der Waals surface area contributed by atoms with Crippen molar-refractivity contribution in [1.82, 2.24) is 0 Å². The maximum atomic E-state index is 13.6. The molecule has 0 atom stereocenters. The quantitative estimate of drug-likeness (QED) is 0.561. The Morgan fingerprint density at radius 3 is 2.00 bits per heavy atom. The molecular formula is C27H26N2O3. The average Bonchev–Trinajstić information content (AvgIpc) is 2.99. The first-order chi connectivity index (χ1) is 15.3. The Balaban J connectivity index is 1.83. The first-order valence-electron chi connectivity index (χ1n) is 10.5. The highest BCUT2D eigenvalue weighted by atomic mass is 16.5. The van der Waals surface area contributed by atoms with Gasteiger partial charge in [-0.1, -0.05) is 24.3 Å². The topological polar surface area (TPSA) is 58.6 Å². The summed E-state index contributed by atoms with van der Waals surface area (Å²) in [6, 6.07) is 18.8. The fraction of sp³-hybridized carbons (Fsp3) is 0.185. The summed E-state index contributed by atoms with van der Waals surface area (Å²) in [5.74, 6) is -0.0403. The number of benzene rings is 3. The Morgan fingerprint density at radius 1 is 0.750 bits per heavy atom. The smallest absolute Gasteiger partial charge is 0.282 e. The van der Waals surface area contributed by atoms with Crippen molar-refractivity contribution in [2.24, 2.45) is 0 Å². The number of anilines is 2. The third-order valence-electron chi connectivity index (χ3n) is 5.70. The number of nitrogens with one attached hydrogen (secondary N) is 1. The van der Waals surface area contributed by atoms with E-state index in [4.69, 9.17) is 4.74 Å². The molecule has 0 radical (unpaired) electrons. The van der Waals surface area contributed by atoms with Crippen LogP contribution in [0.25, 0.3) is 5.57 Å². The standard InChI is InChI=1S/C27H26N2O3/c1-16-12-17(2)14-22(13-16)29-26(30)24(20-7-10-23(32-5)11-8-20)25(27(29)31)28-21-9-6-18(3)19(4)15-21/h6-15,28H,1-5H3. The first-order valence-corrected chi connectivity index (χ1v) is 10.5. The minimum Gasteiger partial charge on any atom is -0.497 e. The molecule has 1 aliphatic heterocycles. The van der Waals surface area contributed by atoms with Crippen molar-refractivity contribution in [1.29, 1.82) is 0 Å². The molecule has 0 unspecified atom stereocenters. The van der Waals surface area contributed by atoms with E-state index in [0.29, 0.717) is 22.6 Å². The lowest BCUT2D eigenvalue weighted by Gasteiger charge is -2.17. The minimum absolute atomic E-state index is 0.266. The highest BCUT2D eigenvalue weighted by Gasteiger charge is 2.40. The molecule has 0 aromatic heterocycles. The van der Waals surface area contributed by atoms with E-state index in [2.05, 4.69) is 5.32 Å². The maximum Gasteiger partial charge on any atom is 0.282 e. The van der Waals surface area contributed by atoms with Crippen molar-refractivity contribution >= 4 is 28.8 Å². The van der Waals surface area contributed by atoms with Gasteiger partial charge in [-0.25, -0.2) is 4.90 Å². The maximum absolute atomic E-state index is 13.6. The Bertz CT molecular complexity index is 1240. The van der Waals surface area contributed by atoms with E-state index in [-0.39, 0.29) is 17.5 Å². The van der Waals surface area contributed by atoms with Gasteiger partial charge in [0.1, 0.15) is 11.4 Å². The van der Waals surface area contributed by atoms with Crippen LogP contribution in [-0.2, 0) is 9.59 Å². The number of rotatable bonds is 5. The number of hydrogen-bond donors (Lipinski definition) is 1. The largest absolute Gasteiger partial charge is 0.497 e. The highest BCUT2D eigenvalue weighted by Crippen LogP contribution is 2.35. The third kappa shape index (κ3) is 3.89. The zero-order valence-electron chi connectivity index (χ0n) is 18.9. The summed E-state index contributed by atoms with van der Waals surface area (Å²) in [7, 11) is 1.59. The van der Waals surface area contributed by atoms with Crippen molar-refractivity contribution in [2.75, 3.05) is 17.3 Å². The van der Waals surface area contributed by atoms with E-state index in [9.17, 15) is 9.59 Å². The van der Waals surface area contributed by atoms with E-state index >= 15 is 0 Å². The fourth-order valence-corrected chi connectivity index (χ4v) is 3.95. The molecule has 162 valence electrons. The van der Waals surface area contributed by atoms with Crippen LogP contribution in [-0.4, -0.2) is 18.9 Å². The molecule has 0 fully saturated rings. The lowest BCUT2D eigenvalue weighted by molar-refractivity contribution is -0.120. The number of amides is 2. The van der Waals surface area contributed by atoms with Crippen molar-refractivity contribution in [3.05, 3.63) is 94.2 Å². The van der Waals surface area contributed by atoms with Crippen LogP contribution in [0.4, 0.5) is 11.4 Å². The van der Waals surface area contributed by atoms with Crippen LogP contribution in [0.5, 0.6) is 5.75 Å². The van der Waals surface area contributed by atoms with Gasteiger partial charge in [-0.15, -0.1) is 0 Å². The van der Waals surface area contributed by atoms with Gasteiger partial charge < -0.3 is 10.1 Å². The van der Waals surface area contributed by atoms with Gasteiger partial charge in [-0.05, 0) is 91.9 Å². The number of imide groups is 1. The molecule has 0 bridgehead atoms. The van der Waals surface area contributed by atoms with Gasteiger partial charge in [-0.2, -0.15) is 0 Å². The molecule has 3 aromatic rings. The van der Waals surface area contributed by atoms with Crippen LogP contribution in [0.3, 0.4) is 0 Å². The molecule has 5 nitrogen and oxygen atoms in total. The van der Waals surface area contributed by atoms with Gasteiger partial charge in [0.2, 0.25) is 0 Å². The number of hydrogen-bond acceptors (Lipinski definition) is 4. The van der Waals surface area contributed by atoms with Crippen LogP contribution in [0, 0.1) is 27.7 Å². The number of aryl methyl sites for hydroxylation is 4. The van der Waals surface area contributed by atoms with Gasteiger partial charge in [0, 0.05) is 5.69 Å². The van der Waals surface area contributed by atoms with Gasteiger partial charge in [-0.3, -0.25) is 9.59 Å². The van der Waals surface area contributed by atoms with Crippen molar-refractivity contribution < 1.29 is 14.3 Å². The van der Waals surface area contributed by atoms with E-state index < -0.39 is 0 Å². The van der Waals surface area contributed by atoms with Crippen LogP contribution in [0.1, 0.15) is 27.8 Å². The van der Waals surface area contributed by atoms with E-state index in [0.717, 1.165) is 27.9 Å². The third-order valence-corrected chi connectivity index (χ3v) is 5.70. The second-order valence-corrected chi connectivity index (χ2v) is 8.19. The molecule has 1 N–H and O–H groups in total. The van der Waals surface area contributed by atoms with Crippen molar-refractivity contribution in [3.8, 4) is 5.75 Å². The van der Waals surface area contributed by atoms with E-state index in [1.165, 1.54) is 4.90 Å². The van der Waals surface area contributed by atoms with Gasteiger partial charge >= 0.3 is 0 Å². The predicted octanol–water partition coefficient (Wildman–Crippen LogP) is 5.33. The zero-order valence-corrected chi connectivity index (χ0v) is 18.9. The zero-order chi connectivity index (χ0) is 23.0. The average molecular weight is 427 g/mol. The molecular weight excluding hydrogens is 400 g/mol. The first kappa shape index (κ1) is 21.4. The fourth-order valence-electron chi connectivity index (χ4n) is 3.95. The Kier molecular flexibility index (Phi) is 5.57. The Hall–Kier alpha value is -3.86. The van der Waals surface area contributed by atoms with Crippen LogP contribution >= 0.6 is 0 Å². The molecule has 1 aliphatic rings. The second-order valence-electron chi connectivity index (χ2n) is 8.19. The van der Waals surface area contributed by atoms with Crippen molar-refractivity contribution in [3.63, 3.8) is 0 Å². The molecule has 0 spiro atoms. The summed E-state index contributed by atoms with van der Waals surface area (Å²) in [6.45, 7) is 7.96. The molecule has 5 heteroatoms. The number of ether oxygens (including phenoxy) is 1. The highest BCUT2D eigenvalue weighted by molar-refractivity contribution is 6.46. The second kappa shape index (κ2) is 8.35. The summed E-state index contributed by atoms with van der Waals surface area (Å²) in [5, 5.41) is 3.23. The number of carbonyl (C=O) groups excluding carboxylic acids is 2. The van der Waals surface area contributed by atoms with Crippen LogP contribution in [0.15, 0.2) is 66.4 Å². The van der Waals surface area contributed by atoms with Gasteiger partial charge in [0.15, 0.2) is 0 Å². The normalized spacial score (nSPS) is 13.7. The summed E-state index contributed by atoms with van der Waals surface area (Å²) in [5.41, 5.74) is 6.83. The van der Waals surface area contributed by atoms with E-state index in [1.807, 2.05) is 64.1 Å². The molecule has 3 aromatic carbocycles. The molecule has 0 aliphatic carbocycles. The molecule has 0 saturated carbocycles. The van der Waals surface area contributed by atoms with Gasteiger partial charge in [0.05, 0.1) is 18.4 Å². The monoisotopic (exact) mass is 426 g/mol. The summed E-state index contributed by atoms with van der Waals surface area (Å²) in [6.07, 6.45) is 0. The summed E-state index contributed by atoms with van der Waals surface area (Å²) >= 11 is 0. The minimum atomic E-state index is -0.371. The Labute approximate surface area is 188 Å². The predicted molar refractivity (Wildman–Crippen MR) is 128 cm³/mol. The lowest BCUT2D eigenvalue weighted by Crippen LogP contribution is -2.32. The number of carbonyl (C=O) groups is 2. The van der Waals surface area contributed by atoms with Gasteiger partial charge in [0.25, 0.3) is 11.8 Å². The summed E-state index contributed by atoms with van der Waals surface area (Å²) in [4.78, 5) is 28.4.